The smallest absolute Gasteiger partial charge is 0.135 e. The zero-order valence-corrected chi connectivity index (χ0v) is 10.2. The number of nitrogens with one attached hydrogen (secondary N) is 1. The number of aromatic nitrogens is 2. The van der Waals surface area contributed by atoms with Crippen molar-refractivity contribution in [3.63, 3.8) is 0 Å². The Morgan fingerprint density at radius 1 is 1.62 bits per heavy atom. The quantitative estimate of drug-likeness (QED) is 0.630. The van der Waals surface area contributed by atoms with Crippen LogP contribution in [0.15, 0.2) is 18.7 Å². The molecular weight excluding hydrogens is 222 g/mol. The first-order valence-electron chi connectivity index (χ1n) is 5.61. The van der Waals surface area contributed by atoms with E-state index in [2.05, 4.69) is 28.8 Å². The molecule has 1 fully saturated rings. The van der Waals surface area contributed by atoms with Gasteiger partial charge in [0, 0.05) is 18.0 Å². The van der Waals surface area contributed by atoms with Crippen molar-refractivity contribution < 1.29 is 0 Å². The second kappa shape index (κ2) is 4.83. The summed E-state index contributed by atoms with van der Waals surface area (Å²) in [4.78, 5) is 8.72. The lowest BCUT2D eigenvalue weighted by atomic mass is 10.2. The molecule has 4 heteroatoms. The third-order valence-electron chi connectivity index (χ3n) is 2.57. The van der Waals surface area contributed by atoms with Crippen LogP contribution in [0.4, 0.5) is 5.82 Å². The first-order chi connectivity index (χ1) is 7.69. The number of nitrogens with zero attached hydrogens (tertiary/aromatic N) is 2. The van der Waals surface area contributed by atoms with Crippen LogP contribution in [0.1, 0.15) is 37.9 Å². The van der Waals surface area contributed by atoms with E-state index in [-0.39, 0.29) is 0 Å². The lowest BCUT2D eigenvalue weighted by Gasteiger charge is -2.13. The van der Waals surface area contributed by atoms with Gasteiger partial charge in [-0.1, -0.05) is 17.7 Å². The van der Waals surface area contributed by atoms with Crippen molar-refractivity contribution in [3.05, 3.63) is 29.7 Å². The largest absolute Gasteiger partial charge is 0.367 e. The lowest BCUT2D eigenvalue weighted by Crippen LogP contribution is -2.15. The maximum atomic E-state index is 5.97. The predicted octanol–water partition coefficient (Wildman–Crippen LogP) is 3.38. The van der Waals surface area contributed by atoms with Gasteiger partial charge in [0.1, 0.15) is 16.8 Å². The molecule has 3 nitrogen and oxygen atoms in total. The fraction of sp³-hybridized carbons (Fsp3) is 0.500. The Hall–Kier alpha value is -1.09. The van der Waals surface area contributed by atoms with Gasteiger partial charge in [0.25, 0.3) is 0 Å². The van der Waals surface area contributed by atoms with Gasteiger partial charge in [-0.05, 0) is 26.2 Å². The molecule has 1 aromatic heterocycles. The minimum atomic E-state index is 0.315. The maximum absolute atomic E-state index is 5.97. The summed E-state index contributed by atoms with van der Waals surface area (Å²) in [7, 11) is 0. The Labute approximate surface area is 101 Å². The van der Waals surface area contributed by atoms with Crippen molar-refractivity contribution in [2.75, 3.05) is 5.32 Å². The maximum Gasteiger partial charge on any atom is 0.135 e. The fourth-order valence-corrected chi connectivity index (χ4v) is 1.78. The van der Waals surface area contributed by atoms with E-state index in [1.54, 1.807) is 6.07 Å². The molecule has 0 saturated heterocycles. The molecule has 2 rings (SSSR count). The van der Waals surface area contributed by atoms with E-state index < -0.39 is 0 Å². The second-order valence-corrected chi connectivity index (χ2v) is 4.67. The molecule has 0 spiro atoms. The third-order valence-corrected chi connectivity index (χ3v) is 2.76. The molecule has 0 radical (unpaired) electrons. The summed E-state index contributed by atoms with van der Waals surface area (Å²) < 4.78 is 0. The molecule has 1 aliphatic rings. The van der Waals surface area contributed by atoms with Gasteiger partial charge in [0.2, 0.25) is 0 Å². The highest BCUT2D eigenvalue weighted by Gasteiger charge is 2.27. The summed E-state index contributed by atoms with van der Waals surface area (Å²) in [5, 5.41) is 3.82. The van der Waals surface area contributed by atoms with E-state index in [0.29, 0.717) is 17.1 Å². The highest BCUT2D eigenvalue weighted by atomic mass is 35.5. The van der Waals surface area contributed by atoms with Crippen LogP contribution < -0.4 is 5.32 Å². The molecule has 86 valence electrons. The zero-order valence-electron chi connectivity index (χ0n) is 9.41. The lowest BCUT2D eigenvalue weighted by molar-refractivity contribution is 0.800. The van der Waals surface area contributed by atoms with Crippen LogP contribution in [0.25, 0.3) is 0 Å². The van der Waals surface area contributed by atoms with Crippen LogP contribution in [-0.2, 0) is 0 Å². The Kier molecular flexibility index (Phi) is 3.44. The summed E-state index contributed by atoms with van der Waals surface area (Å²) in [5.41, 5.74) is 0. The molecule has 1 aliphatic carbocycles. The highest BCUT2D eigenvalue weighted by molar-refractivity contribution is 6.29. The Morgan fingerprint density at radius 3 is 3.00 bits per heavy atom. The van der Waals surface area contributed by atoms with Gasteiger partial charge in [0.15, 0.2) is 0 Å². The first kappa shape index (κ1) is 11.4. The second-order valence-electron chi connectivity index (χ2n) is 4.28. The predicted molar refractivity (Wildman–Crippen MR) is 66.9 cm³/mol. The first-order valence-corrected chi connectivity index (χ1v) is 5.98. The van der Waals surface area contributed by atoms with Crippen LogP contribution in [0.2, 0.25) is 5.15 Å². The number of anilines is 1. The van der Waals surface area contributed by atoms with Gasteiger partial charge >= 0.3 is 0 Å². The number of rotatable bonds is 5. The minimum absolute atomic E-state index is 0.315. The van der Waals surface area contributed by atoms with Gasteiger partial charge in [-0.25, -0.2) is 9.97 Å². The van der Waals surface area contributed by atoms with E-state index in [4.69, 9.17) is 11.6 Å². The molecule has 0 bridgehead atoms. The van der Waals surface area contributed by atoms with Gasteiger partial charge in [-0.15, -0.1) is 6.58 Å². The number of hydrogen-bond donors (Lipinski definition) is 1. The molecule has 0 amide bonds. The Bertz CT molecular complexity index is 388. The monoisotopic (exact) mass is 237 g/mol. The van der Waals surface area contributed by atoms with Crippen molar-refractivity contribution in [2.45, 2.75) is 38.1 Å². The topological polar surface area (TPSA) is 37.8 Å². The summed E-state index contributed by atoms with van der Waals surface area (Å²) >= 11 is 5.97. The standard InChI is InChI=1S/C12H16ClN3/c1-3-4-8(2)14-11-7-10(13)15-12(16-11)9-5-6-9/h3,7-9H,1,4-6H2,2H3,(H,14,15,16). The Morgan fingerprint density at radius 2 is 2.38 bits per heavy atom. The molecule has 1 heterocycles. The minimum Gasteiger partial charge on any atom is -0.367 e. The average molecular weight is 238 g/mol. The van der Waals surface area contributed by atoms with Gasteiger partial charge in [-0.2, -0.15) is 0 Å². The van der Waals surface area contributed by atoms with E-state index in [0.717, 1.165) is 18.1 Å². The molecule has 1 saturated carbocycles. The van der Waals surface area contributed by atoms with Crippen molar-refractivity contribution in [3.8, 4) is 0 Å². The van der Waals surface area contributed by atoms with E-state index >= 15 is 0 Å². The SMILES string of the molecule is C=CCC(C)Nc1cc(Cl)nc(C2CC2)n1. The number of halogens is 1. The molecule has 0 aliphatic heterocycles. The summed E-state index contributed by atoms with van der Waals surface area (Å²) in [5.74, 6) is 2.21. The van der Waals surface area contributed by atoms with E-state index in [1.165, 1.54) is 12.8 Å². The Balaban J connectivity index is 2.10. The van der Waals surface area contributed by atoms with Crippen LogP contribution in [0, 0.1) is 0 Å². The van der Waals surface area contributed by atoms with Crippen molar-refractivity contribution in [1.82, 2.24) is 9.97 Å². The zero-order chi connectivity index (χ0) is 11.5. The van der Waals surface area contributed by atoms with Crippen LogP contribution in [0.5, 0.6) is 0 Å². The van der Waals surface area contributed by atoms with E-state index in [1.807, 2.05) is 6.08 Å². The molecule has 16 heavy (non-hydrogen) atoms. The van der Waals surface area contributed by atoms with Crippen molar-refractivity contribution in [1.29, 1.82) is 0 Å². The number of hydrogen-bond acceptors (Lipinski definition) is 3. The van der Waals surface area contributed by atoms with Crippen LogP contribution >= 0.6 is 11.6 Å². The molecular formula is C12H16ClN3. The van der Waals surface area contributed by atoms with Crippen LogP contribution in [0.3, 0.4) is 0 Å². The molecule has 0 aromatic carbocycles. The van der Waals surface area contributed by atoms with Gasteiger partial charge in [0.05, 0.1) is 0 Å². The van der Waals surface area contributed by atoms with Crippen molar-refractivity contribution in [2.24, 2.45) is 0 Å². The molecule has 1 unspecified atom stereocenters. The van der Waals surface area contributed by atoms with Gasteiger partial charge in [-0.3, -0.25) is 0 Å². The summed E-state index contributed by atoms with van der Waals surface area (Å²) in [6, 6.07) is 2.09. The average Bonchev–Trinajstić information content (AvgIpc) is 2.99. The van der Waals surface area contributed by atoms with Crippen molar-refractivity contribution >= 4 is 17.4 Å². The fourth-order valence-electron chi connectivity index (χ4n) is 1.59. The molecule has 1 aromatic rings. The molecule has 1 N–H and O–H groups in total. The third kappa shape index (κ3) is 2.95. The normalized spacial score (nSPS) is 16.9. The highest BCUT2D eigenvalue weighted by Crippen LogP contribution is 2.38. The summed E-state index contributed by atoms with van der Waals surface area (Å²) in [6.45, 7) is 5.81. The van der Waals surface area contributed by atoms with Crippen LogP contribution in [-0.4, -0.2) is 16.0 Å². The van der Waals surface area contributed by atoms with Gasteiger partial charge < -0.3 is 5.32 Å². The summed E-state index contributed by atoms with van der Waals surface area (Å²) in [6.07, 6.45) is 5.16. The van der Waals surface area contributed by atoms with E-state index in [9.17, 15) is 0 Å². The molecule has 1 atom stereocenters.